The van der Waals surface area contributed by atoms with Gasteiger partial charge in [-0.1, -0.05) is 78.9 Å². The van der Waals surface area contributed by atoms with Gasteiger partial charge in [-0.3, -0.25) is 4.68 Å². The molecule has 0 saturated heterocycles. The zero-order valence-corrected chi connectivity index (χ0v) is 16.2. The van der Waals surface area contributed by atoms with Crippen LogP contribution >= 0.6 is 7.92 Å². The first-order chi connectivity index (χ1) is 13.3. The van der Waals surface area contributed by atoms with Gasteiger partial charge in [-0.25, -0.2) is 0 Å². The van der Waals surface area contributed by atoms with Crippen molar-refractivity contribution in [3.8, 4) is 0 Å². The van der Waals surface area contributed by atoms with E-state index in [0.29, 0.717) is 0 Å². The first kappa shape index (κ1) is 17.5. The van der Waals surface area contributed by atoms with Crippen LogP contribution in [0.2, 0.25) is 0 Å². The number of benzene rings is 3. The fourth-order valence-electron chi connectivity index (χ4n) is 3.24. The highest BCUT2D eigenvalue weighted by atomic mass is 31.1. The highest BCUT2D eigenvalue weighted by Gasteiger charge is 2.20. The number of anilines is 1. The molecule has 0 N–H and O–H groups in total. The van der Waals surface area contributed by atoms with Gasteiger partial charge in [-0.2, -0.15) is 5.10 Å². The molecule has 0 radical (unpaired) electrons. The second kappa shape index (κ2) is 8.20. The number of nitrogens with zero attached hydrogens (tertiary/aromatic N) is 3. The Kier molecular flexibility index (Phi) is 5.32. The highest BCUT2D eigenvalue weighted by Crippen LogP contribution is 2.36. The van der Waals surface area contributed by atoms with E-state index in [9.17, 15) is 0 Å². The predicted molar refractivity (Wildman–Crippen MR) is 116 cm³/mol. The third-order valence-corrected chi connectivity index (χ3v) is 6.97. The molecule has 3 aromatic carbocycles. The second-order valence-electron chi connectivity index (χ2n) is 6.38. The summed E-state index contributed by atoms with van der Waals surface area (Å²) in [5.41, 5.74) is 1.24. The Balaban J connectivity index is 1.79. The molecule has 3 nitrogen and oxygen atoms in total. The molecule has 0 bridgehead atoms. The zero-order valence-electron chi connectivity index (χ0n) is 15.3. The van der Waals surface area contributed by atoms with Crippen molar-refractivity contribution < 1.29 is 0 Å². The quantitative estimate of drug-likeness (QED) is 0.482. The fourth-order valence-corrected chi connectivity index (χ4v) is 5.74. The van der Waals surface area contributed by atoms with Crippen LogP contribution < -0.4 is 20.8 Å². The van der Waals surface area contributed by atoms with Crippen LogP contribution in [0.1, 0.15) is 0 Å². The maximum atomic E-state index is 4.35. The summed E-state index contributed by atoms with van der Waals surface area (Å²) in [6, 6.07) is 32.3. The molecule has 134 valence electrons. The van der Waals surface area contributed by atoms with Gasteiger partial charge in [0.25, 0.3) is 0 Å². The maximum absolute atomic E-state index is 4.35. The number of rotatable bonds is 6. The molecule has 4 rings (SSSR count). The van der Waals surface area contributed by atoms with Crippen molar-refractivity contribution in [2.45, 2.75) is 6.67 Å². The minimum atomic E-state index is -0.634. The van der Waals surface area contributed by atoms with Crippen LogP contribution in [0.3, 0.4) is 0 Å². The molecule has 27 heavy (non-hydrogen) atoms. The fraction of sp³-hybridized carbons (Fsp3) is 0.0870. The van der Waals surface area contributed by atoms with Gasteiger partial charge in [0.15, 0.2) is 0 Å². The molecule has 0 spiro atoms. The Labute approximate surface area is 161 Å². The van der Waals surface area contributed by atoms with Crippen molar-refractivity contribution in [2.75, 3.05) is 11.9 Å². The van der Waals surface area contributed by atoms with Gasteiger partial charge < -0.3 is 4.90 Å². The lowest BCUT2D eigenvalue weighted by Crippen LogP contribution is -2.29. The molecule has 1 heterocycles. The highest BCUT2D eigenvalue weighted by molar-refractivity contribution is 7.80. The number of aromatic nitrogens is 2. The summed E-state index contributed by atoms with van der Waals surface area (Å²) >= 11 is 0. The molecule has 4 heteroatoms. The minimum absolute atomic E-state index is 0.634. The predicted octanol–water partition coefficient (Wildman–Crippen LogP) is 3.74. The van der Waals surface area contributed by atoms with E-state index >= 15 is 0 Å². The maximum Gasteiger partial charge on any atom is 0.111 e. The smallest absolute Gasteiger partial charge is 0.111 e. The number of para-hydroxylation sites is 1. The van der Waals surface area contributed by atoms with Gasteiger partial charge >= 0.3 is 0 Å². The summed E-state index contributed by atoms with van der Waals surface area (Å²) in [6.45, 7) is 0.719. The van der Waals surface area contributed by atoms with E-state index in [1.165, 1.54) is 21.6 Å². The standard InChI is InChI=1S/C23H22N3P/c1-25(19-26-18-10-17-24-26)22-15-8-9-16-23(22)27(20-11-4-2-5-12-20)21-13-6-3-7-14-21/h2-18H,19H2,1H3. The largest absolute Gasteiger partial charge is 0.355 e. The summed E-state index contributed by atoms with van der Waals surface area (Å²) in [5, 5.41) is 8.43. The molecular formula is C23H22N3P. The van der Waals surface area contributed by atoms with Crippen molar-refractivity contribution in [1.82, 2.24) is 9.78 Å². The average Bonchev–Trinajstić information content (AvgIpc) is 3.23. The zero-order chi connectivity index (χ0) is 18.5. The lowest BCUT2D eigenvalue weighted by molar-refractivity contribution is 0.608. The van der Waals surface area contributed by atoms with E-state index in [1.807, 2.05) is 23.1 Å². The molecule has 0 fully saturated rings. The van der Waals surface area contributed by atoms with Gasteiger partial charge in [0.05, 0.1) is 0 Å². The lowest BCUT2D eigenvalue weighted by Gasteiger charge is -2.27. The van der Waals surface area contributed by atoms with Gasteiger partial charge in [-0.15, -0.1) is 0 Å². The van der Waals surface area contributed by atoms with Crippen molar-refractivity contribution in [1.29, 1.82) is 0 Å². The molecule has 0 amide bonds. The van der Waals surface area contributed by atoms with Crippen LogP contribution in [0.25, 0.3) is 0 Å². The van der Waals surface area contributed by atoms with Gasteiger partial charge in [0.1, 0.15) is 6.67 Å². The van der Waals surface area contributed by atoms with Crippen molar-refractivity contribution >= 4 is 29.5 Å². The van der Waals surface area contributed by atoms with E-state index < -0.39 is 7.92 Å². The lowest BCUT2D eigenvalue weighted by atomic mass is 10.3. The van der Waals surface area contributed by atoms with Gasteiger partial charge in [-0.05, 0) is 30.7 Å². The summed E-state index contributed by atoms with van der Waals surface area (Å²) in [4.78, 5) is 2.27. The summed E-state index contributed by atoms with van der Waals surface area (Å²) < 4.78 is 1.95. The molecular weight excluding hydrogens is 349 g/mol. The van der Waals surface area contributed by atoms with E-state index in [0.717, 1.165) is 6.67 Å². The third kappa shape index (κ3) is 3.94. The normalized spacial score (nSPS) is 10.9. The summed E-state index contributed by atoms with van der Waals surface area (Å²) in [6.07, 6.45) is 3.82. The van der Waals surface area contributed by atoms with Crippen LogP contribution in [-0.4, -0.2) is 16.8 Å². The Morgan fingerprint density at radius 3 is 1.96 bits per heavy atom. The van der Waals surface area contributed by atoms with Crippen molar-refractivity contribution in [3.63, 3.8) is 0 Å². The average molecular weight is 371 g/mol. The molecule has 0 atom stereocenters. The molecule has 0 saturated carbocycles. The Morgan fingerprint density at radius 2 is 1.37 bits per heavy atom. The number of hydrogen-bond donors (Lipinski definition) is 0. The Morgan fingerprint density at radius 1 is 0.778 bits per heavy atom. The monoisotopic (exact) mass is 371 g/mol. The van der Waals surface area contributed by atoms with E-state index in [-0.39, 0.29) is 0 Å². The topological polar surface area (TPSA) is 21.1 Å². The van der Waals surface area contributed by atoms with E-state index in [1.54, 1.807) is 0 Å². The summed E-state index contributed by atoms with van der Waals surface area (Å²) in [7, 11) is 1.50. The summed E-state index contributed by atoms with van der Waals surface area (Å²) in [5.74, 6) is 0. The SMILES string of the molecule is CN(Cn1cccn1)c1ccccc1P(c1ccccc1)c1ccccc1. The minimum Gasteiger partial charge on any atom is -0.355 e. The van der Waals surface area contributed by atoms with Crippen molar-refractivity contribution in [2.24, 2.45) is 0 Å². The van der Waals surface area contributed by atoms with Crippen LogP contribution in [0.15, 0.2) is 103 Å². The molecule has 1 aromatic heterocycles. The van der Waals surface area contributed by atoms with E-state index in [4.69, 9.17) is 0 Å². The second-order valence-corrected chi connectivity index (χ2v) is 8.57. The first-order valence-corrected chi connectivity index (χ1v) is 10.3. The van der Waals surface area contributed by atoms with E-state index in [2.05, 4.69) is 102 Å². The molecule has 0 aliphatic carbocycles. The molecule has 0 aliphatic heterocycles. The molecule has 0 unspecified atom stereocenters. The van der Waals surface area contributed by atoms with Crippen molar-refractivity contribution in [3.05, 3.63) is 103 Å². The van der Waals surface area contributed by atoms with Crippen LogP contribution in [0.4, 0.5) is 5.69 Å². The first-order valence-electron chi connectivity index (χ1n) is 9.01. The molecule has 0 aliphatic rings. The molecule has 4 aromatic rings. The van der Waals surface area contributed by atoms with Crippen LogP contribution in [0, 0.1) is 0 Å². The number of hydrogen-bond acceptors (Lipinski definition) is 2. The Hall–Kier alpha value is -2.90. The van der Waals surface area contributed by atoms with Crippen LogP contribution in [-0.2, 0) is 6.67 Å². The van der Waals surface area contributed by atoms with Gasteiger partial charge in [0, 0.05) is 30.4 Å². The van der Waals surface area contributed by atoms with Gasteiger partial charge in [0.2, 0.25) is 0 Å². The third-order valence-electron chi connectivity index (χ3n) is 4.48. The van der Waals surface area contributed by atoms with Crippen LogP contribution in [0.5, 0.6) is 0 Å². The Bertz CT molecular complexity index is 929.